The first-order valence-electron chi connectivity index (χ1n) is 5.18. The Kier molecular flexibility index (Phi) is 3.50. The number of carbonyl (C=O) groups excluding carboxylic acids is 1. The first-order chi connectivity index (χ1) is 6.42. The number of hydrogen-bond acceptors (Lipinski definition) is 3. The first-order valence-corrected chi connectivity index (χ1v) is 5.18. The van der Waals surface area contributed by atoms with Crippen molar-refractivity contribution in [3.8, 4) is 0 Å². The third-order valence-corrected chi connectivity index (χ3v) is 2.81. The maximum absolute atomic E-state index is 11.1. The molecule has 3 N–H and O–H groups in total. The Hall–Kier alpha value is -0.610. The van der Waals surface area contributed by atoms with Gasteiger partial charge in [-0.25, -0.2) is 0 Å². The monoisotopic (exact) mass is 199 g/mol. The van der Waals surface area contributed by atoms with Gasteiger partial charge in [-0.05, 0) is 40.3 Å². The van der Waals surface area contributed by atoms with E-state index in [0.29, 0.717) is 6.04 Å². The van der Waals surface area contributed by atoms with Crippen molar-refractivity contribution in [1.82, 2.24) is 10.2 Å². The van der Waals surface area contributed by atoms with Crippen LogP contribution in [0, 0.1) is 0 Å². The van der Waals surface area contributed by atoms with Crippen LogP contribution in [-0.2, 0) is 4.79 Å². The summed E-state index contributed by atoms with van der Waals surface area (Å²) in [7, 11) is 2.10. The summed E-state index contributed by atoms with van der Waals surface area (Å²) in [5.74, 6) is -0.286. The van der Waals surface area contributed by atoms with E-state index in [0.717, 1.165) is 19.5 Å². The average molecular weight is 199 g/mol. The van der Waals surface area contributed by atoms with Gasteiger partial charge in [-0.2, -0.15) is 0 Å². The van der Waals surface area contributed by atoms with Crippen molar-refractivity contribution >= 4 is 5.91 Å². The Bertz CT molecular complexity index is 215. The lowest BCUT2D eigenvalue weighted by atomic mass is 9.99. The molecule has 0 spiro atoms. The minimum atomic E-state index is -0.594. The molecular weight excluding hydrogens is 178 g/mol. The predicted molar refractivity (Wildman–Crippen MR) is 56.9 cm³/mol. The van der Waals surface area contributed by atoms with Crippen molar-refractivity contribution < 1.29 is 4.79 Å². The van der Waals surface area contributed by atoms with Gasteiger partial charge in [-0.15, -0.1) is 0 Å². The highest BCUT2D eigenvalue weighted by molar-refractivity contribution is 5.83. The lowest BCUT2D eigenvalue weighted by Gasteiger charge is -2.35. The predicted octanol–water partition coefficient (Wildman–Crippen LogP) is -0.0659. The fourth-order valence-electron chi connectivity index (χ4n) is 1.87. The van der Waals surface area contributed by atoms with E-state index < -0.39 is 5.54 Å². The topological polar surface area (TPSA) is 58.4 Å². The molecule has 0 aromatic heterocycles. The summed E-state index contributed by atoms with van der Waals surface area (Å²) in [6.07, 6.45) is 2.31. The van der Waals surface area contributed by atoms with Gasteiger partial charge in [0.25, 0.3) is 0 Å². The van der Waals surface area contributed by atoms with Crippen LogP contribution in [0.5, 0.6) is 0 Å². The van der Waals surface area contributed by atoms with Gasteiger partial charge in [0.15, 0.2) is 0 Å². The molecule has 1 atom stereocenters. The molecule has 0 bridgehead atoms. The molecule has 0 saturated carbocycles. The van der Waals surface area contributed by atoms with Crippen molar-refractivity contribution in [2.45, 2.75) is 38.3 Å². The zero-order valence-electron chi connectivity index (χ0n) is 9.34. The number of amides is 1. The summed E-state index contributed by atoms with van der Waals surface area (Å²) < 4.78 is 0. The summed E-state index contributed by atoms with van der Waals surface area (Å²) in [4.78, 5) is 13.4. The van der Waals surface area contributed by atoms with Gasteiger partial charge < -0.3 is 10.6 Å². The molecule has 0 radical (unpaired) electrons. The zero-order valence-corrected chi connectivity index (χ0v) is 9.34. The summed E-state index contributed by atoms with van der Waals surface area (Å²) in [6, 6.07) is 0.385. The van der Waals surface area contributed by atoms with E-state index in [2.05, 4.69) is 17.3 Å². The van der Waals surface area contributed by atoms with Crippen molar-refractivity contribution in [2.24, 2.45) is 5.73 Å². The van der Waals surface area contributed by atoms with Gasteiger partial charge in [0.05, 0.1) is 5.54 Å². The van der Waals surface area contributed by atoms with Crippen LogP contribution in [0.4, 0.5) is 0 Å². The molecule has 1 saturated heterocycles. The Morgan fingerprint density at radius 1 is 1.57 bits per heavy atom. The van der Waals surface area contributed by atoms with Gasteiger partial charge in [0.2, 0.25) is 5.91 Å². The number of likely N-dealkylation sites (tertiary alicyclic amines) is 1. The fourth-order valence-corrected chi connectivity index (χ4v) is 1.87. The molecule has 1 unspecified atom stereocenters. The van der Waals surface area contributed by atoms with Gasteiger partial charge in [0.1, 0.15) is 0 Å². The number of likely N-dealkylation sites (N-methyl/N-ethyl adjacent to an activating group) is 1. The maximum Gasteiger partial charge on any atom is 0.237 e. The Labute approximate surface area is 85.8 Å². The second kappa shape index (κ2) is 4.28. The van der Waals surface area contributed by atoms with E-state index in [1.54, 1.807) is 0 Å². The SMILES string of the molecule is CN1CCCC(NC(C)(C)C(N)=O)C1. The molecule has 0 aromatic carbocycles. The number of nitrogens with zero attached hydrogens (tertiary/aromatic N) is 1. The van der Waals surface area contributed by atoms with Crippen molar-refractivity contribution in [3.63, 3.8) is 0 Å². The smallest absolute Gasteiger partial charge is 0.237 e. The Morgan fingerprint density at radius 3 is 2.71 bits per heavy atom. The number of piperidine rings is 1. The zero-order chi connectivity index (χ0) is 10.8. The number of nitrogens with two attached hydrogens (primary N) is 1. The van der Waals surface area contributed by atoms with E-state index in [1.807, 2.05) is 13.8 Å². The number of primary amides is 1. The number of nitrogens with one attached hydrogen (secondary N) is 1. The standard InChI is InChI=1S/C10H21N3O/c1-10(2,9(11)14)12-8-5-4-6-13(3)7-8/h8,12H,4-7H2,1-3H3,(H2,11,14). The summed E-state index contributed by atoms with van der Waals surface area (Å²) in [5.41, 5.74) is 4.71. The molecule has 1 rings (SSSR count). The molecule has 1 heterocycles. The van der Waals surface area contributed by atoms with E-state index in [9.17, 15) is 4.79 Å². The molecule has 1 amide bonds. The Morgan fingerprint density at radius 2 is 2.21 bits per heavy atom. The van der Waals surface area contributed by atoms with Crippen molar-refractivity contribution in [2.75, 3.05) is 20.1 Å². The lowest BCUT2D eigenvalue weighted by molar-refractivity contribution is -0.123. The normalized spacial score (nSPS) is 24.9. The van der Waals surface area contributed by atoms with E-state index in [-0.39, 0.29) is 5.91 Å². The number of rotatable bonds is 3. The largest absolute Gasteiger partial charge is 0.368 e. The second-order valence-corrected chi connectivity index (χ2v) is 4.73. The number of carbonyl (C=O) groups is 1. The van der Waals surface area contributed by atoms with Crippen molar-refractivity contribution in [1.29, 1.82) is 0 Å². The highest BCUT2D eigenvalue weighted by Gasteiger charge is 2.29. The van der Waals surface area contributed by atoms with Gasteiger partial charge >= 0.3 is 0 Å². The second-order valence-electron chi connectivity index (χ2n) is 4.73. The van der Waals surface area contributed by atoms with Crippen LogP contribution in [0.15, 0.2) is 0 Å². The molecule has 82 valence electrons. The molecule has 0 aliphatic carbocycles. The maximum atomic E-state index is 11.1. The van der Waals surface area contributed by atoms with Crippen LogP contribution in [0.2, 0.25) is 0 Å². The Balaban J connectivity index is 2.47. The third kappa shape index (κ3) is 2.96. The van der Waals surface area contributed by atoms with E-state index in [1.165, 1.54) is 6.42 Å². The molecule has 4 nitrogen and oxygen atoms in total. The minimum Gasteiger partial charge on any atom is -0.368 e. The van der Waals surface area contributed by atoms with Gasteiger partial charge in [0, 0.05) is 12.6 Å². The molecule has 14 heavy (non-hydrogen) atoms. The van der Waals surface area contributed by atoms with Gasteiger partial charge in [-0.1, -0.05) is 0 Å². The summed E-state index contributed by atoms with van der Waals surface area (Å²) >= 11 is 0. The first kappa shape index (κ1) is 11.5. The molecule has 1 aliphatic heterocycles. The molecule has 4 heteroatoms. The van der Waals surface area contributed by atoms with Crippen LogP contribution >= 0.6 is 0 Å². The van der Waals surface area contributed by atoms with Crippen molar-refractivity contribution in [3.05, 3.63) is 0 Å². The van der Waals surface area contributed by atoms with Crippen LogP contribution < -0.4 is 11.1 Å². The molecule has 1 fully saturated rings. The van der Waals surface area contributed by atoms with E-state index >= 15 is 0 Å². The highest BCUT2D eigenvalue weighted by Crippen LogP contribution is 2.12. The average Bonchev–Trinajstić information content (AvgIpc) is 2.02. The fraction of sp³-hybridized carbons (Fsp3) is 0.900. The quantitative estimate of drug-likeness (QED) is 0.669. The van der Waals surface area contributed by atoms with Crippen LogP contribution in [0.25, 0.3) is 0 Å². The molecular formula is C10H21N3O. The third-order valence-electron chi connectivity index (χ3n) is 2.81. The number of hydrogen-bond donors (Lipinski definition) is 2. The van der Waals surface area contributed by atoms with E-state index in [4.69, 9.17) is 5.73 Å². The minimum absolute atomic E-state index is 0.286. The summed E-state index contributed by atoms with van der Waals surface area (Å²) in [5, 5.41) is 3.31. The van der Waals surface area contributed by atoms with Crippen LogP contribution in [0.3, 0.4) is 0 Å². The summed E-state index contributed by atoms with van der Waals surface area (Å²) in [6.45, 7) is 5.82. The van der Waals surface area contributed by atoms with Crippen LogP contribution in [-0.4, -0.2) is 42.5 Å². The molecule has 1 aliphatic rings. The highest BCUT2D eigenvalue weighted by atomic mass is 16.1. The van der Waals surface area contributed by atoms with Crippen LogP contribution in [0.1, 0.15) is 26.7 Å². The van der Waals surface area contributed by atoms with Gasteiger partial charge in [-0.3, -0.25) is 10.1 Å². The molecule has 0 aromatic rings. The lowest BCUT2D eigenvalue weighted by Crippen LogP contribution is -2.58.